The van der Waals surface area contributed by atoms with Gasteiger partial charge in [0.15, 0.2) is 0 Å². The van der Waals surface area contributed by atoms with Crippen LogP contribution in [-0.2, 0) is 0 Å². The van der Waals surface area contributed by atoms with Crippen LogP contribution in [-0.4, -0.2) is 5.91 Å². The summed E-state index contributed by atoms with van der Waals surface area (Å²) in [6.45, 7) is 2.03. The van der Waals surface area contributed by atoms with Crippen LogP contribution >= 0.6 is 0 Å². The predicted molar refractivity (Wildman–Crippen MR) is 80.6 cm³/mol. The fraction of sp³-hybridized carbons (Fsp3) is 0.278. The van der Waals surface area contributed by atoms with Crippen LogP contribution in [0.4, 0.5) is 0 Å². The zero-order chi connectivity index (χ0) is 13.9. The molecule has 1 amide bonds. The molecule has 1 atom stereocenters. The van der Waals surface area contributed by atoms with Crippen LogP contribution in [0.1, 0.15) is 40.4 Å². The van der Waals surface area contributed by atoms with E-state index in [-0.39, 0.29) is 11.9 Å². The molecule has 0 spiro atoms. The number of amides is 1. The molecule has 102 valence electrons. The van der Waals surface area contributed by atoms with Gasteiger partial charge in [-0.3, -0.25) is 4.79 Å². The van der Waals surface area contributed by atoms with Gasteiger partial charge in [0.25, 0.3) is 5.91 Å². The van der Waals surface area contributed by atoms with E-state index >= 15 is 0 Å². The molecule has 2 heteroatoms. The van der Waals surface area contributed by atoms with Crippen LogP contribution in [0, 0.1) is 12.8 Å². The van der Waals surface area contributed by atoms with Crippen LogP contribution < -0.4 is 5.32 Å². The van der Waals surface area contributed by atoms with E-state index in [1.165, 1.54) is 24.0 Å². The van der Waals surface area contributed by atoms with Gasteiger partial charge in [0.05, 0.1) is 6.04 Å². The van der Waals surface area contributed by atoms with E-state index in [1.807, 2.05) is 49.4 Å². The van der Waals surface area contributed by atoms with Crippen molar-refractivity contribution in [2.24, 2.45) is 5.92 Å². The third-order valence-corrected chi connectivity index (χ3v) is 3.85. The first-order chi connectivity index (χ1) is 9.74. The summed E-state index contributed by atoms with van der Waals surface area (Å²) in [4.78, 5) is 12.4. The molecular formula is C18H19NO. The maximum absolute atomic E-state index is 12.4. The quantitative estimate of drug-likeness (QED) is 0.893. The molecule has 3 rings (SSSR count). The fourth-order valence-electron chi connectivity index (χ4n) is 2.49. The van der Waals surface area contributed by atoms with E-state index in [1.54, 1.807) is 0 Å². The average Bonchev–Trinajstić information content (AvgIpc) is 3.31. The van der Waals surface area contributed by atoms with Crippen LogP contribution in [0.15, 0.2) is 54.6 Å². The van der Waals surface area contributed by atoms with Gasteiger partial charge in [-0.1, -0.05) is 48.0 Å². The molecule has 0 aromatic heterocycles. The number of hydrogen-bond donors (Lipinski definition) is 1. The second-order valence-electron chi connectivity index (χ2n) is 5.57. The second kappa shape index (κ2) is 5.49. The van der Waals surface area contributed by atoms with E-state index in [0.717, 1.165) is 5.56 Å². The molecule has 0 aliphatic heterocycles. The van der Waals surface area contributed by atoms with Crippen molar-refractivity contribution in [1.29, 1.82) is 0 Å². The number of nitrogens with one attached hydrogen (secondary N) is 1. The van der Waals surface area contributed by atoms with Gasteiger partial charge in [0, 0.05) is 5.56 Å². The molecule has 1 N–H and O–H groups in total. The van der Waals surface area contributed by atoms with E-state index in [9.17, 15) is 4.79 Å². The van der Waals surface area contributed by atoms with Crippen molar-refractivity contribution in [3.8, 4) is 0 Å². The molecule has 20 heavy (non-hydrogen) atoms. The smallest absolute Gasteiger partial charge is 0.251 e. The lowest BCUT2D eigenvalue weighted by molar-refractivity contribution is 0.0931. The summed E-state index contributed by atoms with van der Waals surface area (Å²) in [5, 5.41) is 3.19. The molecule has 0 radical (unpaired) electrons. The molecule has 0 bridgehead atoms. The van der Waals surface area contributed by atoms with Gasteiger partial charge in [-0.15, -0.1) is 0 Å². The molecule has 1 fully saturated rings. The maximum atomic E-state index is 12.4. The Kier molecular flexibility index (Phi) is 3.55. The number of rotatable bonds is 4. The van der Waals surface area contributed by atoms with Crippen molar-refractivity contribution in [3.05, 3.63) is 71.3 Å². The van der Waals surface area contributed by atoms with Crippen LogP contribution in [0.3, 0.4) is 0 Å². The lowest BCUT2D eigenvalue weighted by Crippen LogP contribution is -2.29. The number of carbonyl (C=O) groups is 1. The lowest BCUT2D eigenvalue weighted by atomic mass is 10.0. The minimum Gasteiger partial charge on any atom is -0.345 e. The SMILES string of the molecule is Cc1ccc(C(=O)N[C@@H](c2ccccc2)C2CC2)cc1. The van der Waals surface area contributed by atoms with Gasteiger partial charge in [-0.2, -0.15) is 0 Å². The lowest BCUT2D eigenvalue weighted by Gasteiger charge is -2.19. The molecule has 1 aliphatic rings. The highest BCUT2D eigenvalue weighted by atomic mass is 16.1. The Labute approximate surface area is 119 Å². The summed E-state index contributed by atoms with van der Waals surface area (Å²) >= 11 is 0. The molecule has 0 heterocycles. The largest absolute Gasteiger partial charge is 0.345 e. The molecule has 2 aromatic rings. The van der Waals surface area contributed by atoms with E-state index < -0.39 is 0 Å². The minimum atomic E-state index is 0.0192. The first kappa shape index (κ1) is 12.9. The predicted octanol–water partition coefficient (Wildman–Crippen LogP) is 3.88. The van der Waals surface area contributed by atoms with E-state index in [2.05, 4.69) is 17.4 Å². The summed E-state index contributed by atoms with van der Waals surface area (Å²) in [5.74, 6) is 0.609. The van der Waals surface area contributed by atoms with Crippen LogP contribution in [0.25, 0.3) is 0 Å². The minimum absolute atomic E-state index is 0.0192. The highest BCUT2D eigenvalue weighted by Crippen LogP contribution is 2.41. The molecule has 0 unspecified atom stereocenters. The molecular weight excluding hydrogens is 246 g/mol. The van der Waals surface area contributed by atoms with Gasteiger partial charge in [-0.25, -0.2) is 0 Å². The first-order valence-electron chi connectivity index (χ1n) is 7.16. The summed E-state index contributed by atoms with van der Waals surface area (Å²) < 4.78 is 0. The molecule has 0 saturated heterocycles. The number of benzene rings is 2. The van der Waals surface area contributed by atoms with Gasteiger partial charge >= 0.3 is 0 Å². The molecule has 2 nitrogen and oxygen atoms in total. The van der Waals surface area contributed by atoms with E-state index in [4.69, 9.17) is 0 Å². The number of aryl methyl sites for hydroxylation is 1. The molecule has 1 saturated carbocycles. The number of hydrogen-bond acceptors (Lipinski definition) is 1. The Balaban J connectivity index is 1.77. The maximum Gasteiger partial charge on any atom is 0.251 e. The first-order valence-corrected chi connectivity index (χ1v) is 7.16. The zero-order valence-corrected chi connectivity index (χ0v) is 11.7. The Morgan fingerprint density at radius 1 is 1.05 bits per heavy atom. The zero-order valence-electron chi connectivity index (χ0n) is 11.7. The van der Waals surface area contributed by atoms with Gasteiger partial charge in [0.1, 0.15) is 0 Å². The topological polar surface area (TPSA) is 29.1 Å². The van der Waals surface area contributed by atoms with Gasteiger partial charge in [0.2, 0.25) is 0 Å². The van der Waals surface area contributed by atoms with Crippen molar-refractivity contribution in [2.45, 2.75) is 25.8 Å². The Hall–Kier alpha value is -2.09. The monoisotopic (exact) mass is 265 g/mol. The van der Waals surface area contributed by atoms with Crippen molar-refractivity contribution in [1.82, 2.24) is 5.32 Å². The van der Waals surface area contributed by atoms with Crippen LogP contribution in [0.2, 0.25) is 0 Å². The van der Waals surface area contributed by atoms with Gasteiger partial charge < -0.3 is 5.32 Å². The summed E-state index contributed by atoms with van der Waals surface area (Å²) in [6.07, 6.45) is 2.40. The Morgan fingerprint density at radius 3 is 2.30 bits per heavy atom. The number of carbonyl (C=O) groups excluding carboxylic acids is 1. The van der Waals surface area contributed by atoms with Gasteiger partial charge in [-0.05, 0) is 43.4 Å². The van der Waals surface area contributed by atoms with Crippen LogP contribution in [0.5, 0.6) is 0 Å². The van der Waals surface area contributed by atoms with E-state index in [0.29, 0.717) is 5.92 Å². The van der Waals surface area contributed by atoms with Crippen molar-refractivity contribution < 1.29 is 4.79 Å². The van der Waals surface area contributed by atoms with Crippen molar-refractivity contribution in [2.75, 3.05) is 0 Å². The Bertz CT molecular complexity index is 585. The standard InChI is InChI=1S/C18H19NO/c1-13-7-9-16(10-8-13)18(20)19-17(15-11-12-15)14-5-3-2-4-6-14/h2-10,15,17H,11-12H2,1H3,(H,19,20)/t17-/m0/s1. The Morgan fingerprint density at radius 2 is 1.70 bits per heavy atom. The molecule has 2 aromatic carbocycles. The normalized spacial score (nSPS) is 15.7. The third-order valence-electron chi connectivity index (χ3n) is 3.85. The summed E-state index contributed by atoms with van der Waals surface area (Å²) in [5.41, 5.74) is 3.11. The summed E-state index contributed by atoms with van der Waals surface area (Å²) in [7, 11) is 0. The third kappa shape index (κ3) is 2.90. The highest BCUT2D eigenvalue weighted by Gasteiger charge is 2.33. The second-order valence-corrected chi connectivity index (χ2v) is 5.57. The molecule has 1 aliphatic carbocycles. The van der Waals surface area contributed by atoms with Crippen molar-refractivity contribution >= 4 is 5.91 Å². The average molecular weight is 265 g/mol. The van der Waals surface area contributed by atoms with Crippen molar-refractivity contribution in [3.63, 3.8) is 0 Å². The fourth-order valence-corrected chi connectivity index (χ4v) is 2.49. The highest BCUT2D eigenvalue weighted by molar-refractivity contribution is 5.94. The summed E-state index contributed by atoms with van der Waals surface area (Å²) in [6, 6.07) is 18.1.